The van der Waals surface area contributed by atoms with Crippen molar-refractivity contribution in [2.24, 2.45) is 0 Å². The summed E-state index contributed by atoms with van der Waals surface area (Å²) in [6.45, 7) is 2.24. The zero-order valence-corrected chi connectivity index (χ0v) is 15.9. The Labute approximate surface area is 167 Å². The van der Waals surface area contributed by atoms with Crippen LogP contribution < -0.4 is 0 Å². The van der Waals surface area contributed by atoms with Crippen molar-refractivity contribution in [1.82, 2.24) is 25.1 Å². The van der Waals surface area contributed by atoms with Gasteiger partial charge < -0.3 is 0 Å². The Kier molecular flexibility index (Phi) is 5.62. The second kappa shape index (κ2) is 8.32. The number of hydrogen-bond donors (Lipinski definition) is 0. The van der Waals surface area contributed by atoms with Crippen molar-refractivity contribution in [2.45, 2.75) is 38.0 Å². The van der Waals surface area contributed by atoms with Gasteiger partial charge in [-0.25, -0.2) is 4.68 Å². The summed E-state index contributed by atoms with van der Waals surface area (Å²) in [5.41, 5.74) is 1.18. The molecular formula is C21H22F3N5. The average Bonchev–Trinajstić information content (AvgIpc) is 3.17. The number of tetrazole rings is 1. The monoisotopic (exact) mass is 401 g/mol. The zero-order chi connectivity index (χ0) is 20.3. The SMILES string of the molecule is FC(F)(F)c1ccc([C@@H](c2nnnn2Cc2ccccc2)N2CCCCC2)cc1. The Balaban J connectivity index is 1.69. The Morgan fingerprint density at radius 3 is 2.24 bits per heavy atom. The molecule has 0 amide bonds. The van der Waals surface area contributed by atoms with Gasteiger partial charge in [0.25, 0.3) is 0 Å². The van der Waals surface area contributed by atoms with Crippen molar-refractivity contribution in [2.75, 3.05) is 13.1 Å². The molecule has 0 unspecified atom stereocenters. The molecule has 1 aliphatic rings. The summed E-state index contributed by atoms with van der Waals surface area (Å²) in [7, 11) is 0. The molecule has 4 rings (SSSR count). The van der Waals surface area contributed by atoms with Gasteiger partial charge in [0.1, 0.15) is 0 Å². The number of halogens is 3. The van der Waals surface area contributed by atoms with Gasteiger partial charge in [0, 0.05) is 0 Å². The smallest absolute Gasteiger partial charge is 0.290 e. The number of benzene rings is 2. The Morgan fingerprint density at radius 2 is 1.59 bits per heavy atom. The lowest BCUT2D eigenvalue weighted by molar-refractivity contribution is -0.137. The van der Waals surface area contributed by atoms with Crippen molar-refractivity contribution in [3.8, 4) is 0 Å². The van der Waals surface area contributed by atoms with E-state index in [0.717, 1.165) is 55.6 Å². The summed E-state index contributed by atoms with van der Waals surface area (Å²) < 4.78 is 40.8. The molecule has 0 radical (unpaired) electrons. The number of nitrogens with zero attached hydrogens (tertiary/aromatic N) is 5. The Bertz CT molecular complexity index is 915. The van der Waals surface area contributed by atoms with Crippen LogP contribution in [-0.4, -0.2) is 38.2 Å². The largest absolute Gasteiger partial charge is 0.416 e. The number of aromatic nitrogens is 4. The number of likely N-dealkylation sites (tertiary alicyclic amines) is 1. The molecule has 1 aliphatic heterocycles. The van der Waals surface area contributed by atoms with E-state index in [4.69, 9.17) is 0 Å². The van der Waals surface area contributed by atoms with Gasteiger partial charge in [0.15, 0.2) is 5.82 Å². The van der Waals surface area contributed by atoms with E-state index < -0.39 is 11.7 Å². The third-order valence-corrected chi connectivity index (χ3v) is 5.29. The second-order valence-corrected chi connectivity index (χ2v) is 7.30. The maximum absolute atomic E-state index is 13.0. The molecule has 152 valence electrons. The van der Waals surface area contributed by atoms with Crippen LogP contribution in [0.15, 0.2) is 54.6 Å². The summed E-state index contributed by atoms with van der Waals surface area (Å²) in [4.78, 5) is 2.26. The summed E-state index contributed by atoms with van der Waals surface area (Å²) in [6, 6.07) is 14.9. The first-order chi connectivity index (χ1) is 14.0. The van der Waals surface area contributed by atoms with Gasteiger partial charge in [-0.15, -0.1) is 5.10 Å². The lowest BCUT2D eigenvalue weighted by Gasteiger charge is -2.34. The first-order valence-corrected chi connectivity index (χ1v) is 9.73. The van der Waals surface area contributed by atoms with Crippen molar-refractivity contribution in [3.05, 3.63) is 77.1 Å². The van der Waals surface area contributed by atoms with Crippen LogP contribution in [0.5, 0.6) is 0 Å². The first kappa shape index (κ1) is 19.6. The predicted molar refractivity (Wildman–Crippen MR) is 102 cm³/mol. The molecule has 2 heterocycles. The number of piperidine rings is 1. The normalized spacial score (nSPS) is 16.7. The fourth-order valence-corrected chi connectivity index (χ4v) is 3.83. The van der Waals surface area contributed by atoms with Crippen LogP contribution in [0.1, 0.15) is 47.8 Å². The highest BCUT2D eigenvalue weighted by atomic mass is 19.4. The molecule has 8 heteroatoms. The third-order valence-electron chi connectivity index (χ3n) is 5.29. The van der Waals surface area contributed by atoms with Crippen molar-refractivity contribution in [1.29, 1.82) is 0 Å². The second-order valence-electron chi connectivity index (χ2n) is 7.30. The molecular weight excluding hydrogens is 379 g/mol. The van der Waals surface area contributed by atoms with E-state index in [9.17, 15) is 13.2 Å². The van der Waals surface area contributed by atoms with Crippen LogP contribution in [0.3, 0.4) is 0 Å². The highest BCUT2D eigenvalue weighted by Gasteiger charge is 2.32. The molecule has 0 saturated carbocycles. The third kappa shape index (κ3) is 4.48. The van der Waals surface area contributed by atoms with Gasteiger partial charge in [-0.1, -0.05) is 48.9 Å². The summed E-state index contributed by atoms with van der Waals surface area (Å²) in [5, 5.41) is 12.3. The topological polar surface area (TPSA) is 46.8 Å². The Morgan fingerprint density at radius 1 is 0.897 bits per heavy atom. The van der Waals surface area contributed by atoms with Crippen LogP contribution >= 0.6 is 0 Å². The fourth-order valence-electron chi connectivity index (χ4n) is 3.83. The van der Waals surface area contributed by atoms with E-state index in [2.05, 4.69) is 20.4 Å². The minimum absolute atomic E-state index is 0.281. The molecule has 0 aliphatic carbocycles. The number of alkyl halides is 3. The molecule has 29 heavy (non-hydrogen) atoms. The van der Waals surface area contributed by atoms with E-state index in [-0.39, 0.29) is 6.04 Å². The molecule has 1 saturated heterocycles. The maximum atomic E-state index is 13.0. The van der Waals surface area contributed by atoms with Crippen molar-refractivity contribution >= 4 is 0 Å². The lowest BCUT2D eigenvalue weighted by atomic mass is 9.99. The molecule has 0 N–H and O–H groups in total. The quantitative estimate of drug-likeness (QED) is 0.639. The van der Waals surface area contributed by atoms with E-state index in [1.807, 2.05) is 30.3 Å². The van der Waals surface area contributed by atoms with E-state index >= 15 is 0 Å². The van der Waals surface area contributed by atoms with Crippen LogP contribution in [0, 0.1) is 0 Å². The highest BCUT2D eigenvalue weighted by molar-refractivity contribution is 5.30. The average molecular weight is 401 g/mol. The first-order valence-electron chi connectivity index (χ1n) is 9.73. The molecule has 1 aromatic heterocycles. The standard InChI is InChI=1S/C21H22F3N5/c22-21(23,24)18-11-9-17(10-12-18)19(28-13-5-2-6-14-28)20-25-26-27-29(20)15-16-7-3-1-4-8-16/h1,3-4,7-12,19H,2,5-6,13-15H2/t19-/m0/s1. The molecule has 2 aromatic carbocycles. The van der Waals surface area contributed by atoms with E-state index in [1.54, 1.807) is 16.8 Å². The minimum Gasteiger partial charge on any atom is -0.290 e. The maximum Gasteiger partial charge on any atom is 0.416 e. The van der Waals surface area contributed by atoms with Crippen molar-refractivity contribution in [3.63, 3.8) is 0 Å². The predicted octanol–water partition coefficient (Wildman–Crippen LogP) is 4.32. The van der Waals surface area contributed by atoms with Gasteiger partial charge in [-0.3, -0.25) is 4.90 Å². The van der Waals surface area contributed by atoms with E-state index in [0.29, 0.717) is 12.4 Å². The summed E-state index contributed by atoms with van der Waals surface area (Å²) in [6.07, 6.45) is -1.09. The van der Waals surface area contributed by atoms with Gasteiger partial charge in [-0.2, -0.15) is 13.2 Å². The molecule has 1 fully saturated rings. The van der Waals surface area contributed by atoms with Crippen LogP contribution in [0.4, 0.5) is 13.2 Å². The minimum atomic E-state index is -4.35. The van der Waals surface area contributed by atoms with Gasteiger partial charge in [0.2, 0.25) is 0 Å². The van der Waals surface area contributed by atoms with E-state index in [1.165, 1.54) is 0 Å². The van der Waals surface area contributed by atoms with Crippen LogP contribution in [-0.2, 0) is 12.7 Å². The summed E-state index contributed by atoms with van der Waals surface area (Å²) >= 11 is 0. The Hall–Kier alpha value is -2.74. The zero-order valence-electron chi connectivity index (χ0n) is 15.9. The lowest BCUT2D eigenvalue weighted by Crippen LogP contribution is -2.36. The molecule has 0 spiro atoms. The number of rotatable bonds is 5. The molecule has 3 aromatic rings. The van der Waals surface area contributed by atoms with Crippen LogP contribution in [0.2, 0.25) is 0 Å². The highest BCUT2D eigenvalue weighted by Crippen LogP contribution is 2.33. The van der Waals surface area contributed by atoms with Crippen LogP contribution in [0.25, 0.3) is 0 Å². The molecule has 1 atom stereocenters. The number of hydrogen-bond acceptors (Lipinski definition) is 4. The summed E-state index contributed by atoms with van der Waals surface area (Å²) in [5.74, 6) is 0.649. The molecule has 5 nitrogen and oxygen atoms in total. The van der Waals surface area contributed by atoms with Gasteiger partial charge >= 0.3 is 6.18 Å². The van der Waals surface area contributed by atoms with Crippen molar-refractivity contribution < 1.29 is 13.2 Å². The molecule has 0 bridgehead atoms. The fraction of sp³-hybridized carbons (Fsp3) is 0.381. The van der Waals surface area contributed by atoms with Gasteiger partial charge in [0.05, 0.1) is 18.2 Å². The van der Waals surface area contributed by atoms with Gasteiger partial charge in [-0.05, 0) is 59.6 Å².